The van der Waals surface area contributed by atoms with Crippen molar-refractivity contribution in [3.05, 3.63) is 47.5 Å². The van der Waals surface area contributed by atoms with Gasteiger partial charge in [-0.05, 0) is 25.8 Å². The van der Waals surface area contributed by atoms with Crippen molar-refractivity contribution in [2.75, 3.05) is 26.2 Å². The van der Waals surface area contributed by atoms with Crippen molar-refractivity contribution < 1.29 is 9.59 Å². The second-order valence-electron chi connectivity index (χ2n) is 6.03. The van der Waals surface area contributed by atoms with E-state index in [0.717, 1.165) is 17.6 Å². The van der Waals surface area contributed by atoms with Crippen LogP contribution in [0.25, 0.3) is 0 Å². The summed E-state index contributed by atoms with van der Waals surface area (Å²) in [4.78, 5) is 28.0. The van der Waals surface area contributed by atoms with Gasteiger partial charge in [-0.2, -0.15) is 0 Å². The molecule has 0 aromatic heterocycles. The molecule has 1 heterocycles. The summed E-state index contributed by atoms with van der Waals surface area (Å²) >= 11 is 0. The van der Waals surface area contributed by atoms with E-state index in [2.05, 4.69) is 5.32 Å². The van der Waals surface area contributed by atoms with Crippen molar-refractivity contribution in [1.82, 2.24) is 15.1 Å². The zero-order chi connectivity index (χ0) is 16.7. The Kier molecular flexibility index (Phi) is 6.20. The predicted octanol–water partition coefficient (Wildman–Crippen LogP) is 2.40. The molecule has 0 unspecified atom stereocenters. The highest BCUT2D eigenvalue weighted by Gasteiger charge is 2.20. The van der Waals surface area contributed by atoms with E-state index in [0.29, 0.717) is 32.7 Å². The molecule has 1 aromatic rings. The third-order valence-corrected chi connectivity index (χ3v) is 3.79. The minimum atomic E-state index is -0.0645. The first-order chi connectivity index (χ1) is 11.1. The van der Waals surface area contributed by atoms with E-state index in [1.807, 2.05) is 49.1 Å². The number of urea groups is 1. The van der Waals surface area contributed by atoms with Crippen LogP contribution in [0.15, 0.2) is 42.0 Å². The van der Waals surface area contributed by atoms with Gasteiger partial charge in [0.25, 0.3) is 0 Å². The van der Waals surface area contributed by atoms with E-state index < -0.39 is 0 Å². The Morgan fingerprint density at radius 2 is 1.70 bits per heavy atom. The predicted molar refractivity (Wildman–Crippen MR) is 90.9 cm³/mol. The topological polar surface area (TPSA) is 52.7 Å². The molecule has 1 aliphatic rings. The summed E-state index contributed by atoms with van der Waals surface area (Å²) in [5, 5.41) is 2.94. The molecule has 1 aromatic carbocycles. The minimum absolute atomic E-state index is 0.0385. The molecule has 23 heavy (non-hydrogen) atoms. The molecule has 2 rings (SSSR count). The average Bonchev–Trinajstić information content (AvgIpc) is 2.79. The molecule has 0 saturated carbocycles. The van der Waals surface area contributed by atoms with Crippen LogP contribution in [-0.2, 0) is 11.3 Å². The Morgan fingerprint density at radius 1 is 1.04 bits per heavy atom. The quantitative estimate of drug-likeness (QED) is 0.871. The number of hydrogen-bond donors (Lipinski definition) is 1. The lowest BCUT2D eigenvalue weighted by molar-refractivity contribution is -0.125. The number of rotatable bonds is 3. The molecular weight excluding hydrogens is 290 g/mol. The second-order valence-corrected chi connectivity index (χ2v) is 6.03. The highest BCUT2D eigenvalue weighted by Crippen LogP contribution is 2.06. The van der Waals surface area contributed by atoms with Crippen molar-refractivity contribution in [1.29, 1.82) is 0 Å². The van der Waals surface area contributed by atoms with Crippen LogP contribution in [0.2, 0.25) is 0 Å². The number of nitrogens with zero attached hydrogens (tertiary/aromatic N) is 2. The maximum Gasteiger partial charge on any atom is 0.317 e. The molecule has 1 fully saturated rings. The van der Waals surface area contributed by atoms with Gasteiger partial charge in [-0.25, -0.2) is 4.79 Å². The van der Waals surface area contributed by atoms with Crippen molar-refractivity contribution in [2.45, 2.75) is 26.8 Å². The first kappa shape index (κ1) is 17.1. The molecule has 3 amide bonds. The maximum atomic E-state index is 12.3. The number of allylic oxidation sites excluding steroid dienone is 1. The second kappa shape index (κ2) is 8.36. The number of carbonyl (C=O) groups excluding carboxylic acids is 2. The Balaban J connectivity index is 1.84. The van der Waals surface area contributed by atoms with Gasteiger partial charge in [0.15, 0.2) is 0 Å². The molecule has 0 bridgehead atoms. The molecule has 1 N–H and O–H groups in total. The van der Waals surface area contributed by atoms with Crippen LogP contribution in [0, 0.1) is 0 Å². The molecule has 0 atom stereocenters. The van der Waals surface area contributed by atoms with E-state index in [4.69, 9.17) is 0 Å². The van der Waals surface area contributed by atoms with Gasteiger partial charge in [-0.1, -0.05) is 35.9 Å². The molecule has 1 aliphatic heterocycles. The molecule has 5 nitrogen and oxygen atoms in total. The Hall–Kier alpha value is -2.30. The van der Waals surface area contributed by atoms with Gasteiger partial charge in [0.1, 0.15) is 0 Å². The SMILES string of the molecule is CC(C)=CC(=O)N1CCCN(C(=O)NCc2ccccc2)CC1. The summed E-state index contributed by atoms with van der Waals surface area (Å²) in [6.45, 7) is 6.89. The van der Waals surface area contributed by atoms with E-state index in [1.165, 1.54) is 0 Å². The van der Waals surface area contributed by atoms with Crippen molar-refractivity contribution in [3.63, 3.8) is 0 Å². The molecule has 5 heteroatoms. The van der Waals surface area contributed by atoms with Crippen molar-refractivity contribution in [3.8, 4) is 0 Å². The van der Waals surface area contributed by atoms with E-state index >= 15 is 0 Å². The number of carbonyl (C=O) groups is 2. The first-order valence-electron chi connectivity index (χ1n) is 8.07. The summed E-state index contributed by atoms with van der Waals surface area (Å²) in [6.07, 6.45) is 2.46. The zero-order valence-corrected chi connectivity index (χ0v) is 13.9. The first-order valence-corrected chi connectivity index (χ1v) is 8.07. The van der Waals surface area contributed by atoms with E-state index in [9.17, 15) is 9.59 Å². The van der Waals surface area contributed by atoms with Crippen LogP contribution < -0.4 is 5.32 Å². The van der Waals surface area contributed by atoms with Gasteiger partial charge in [0, 0.05) is 38.8 Å². The summed E-state index contributed by atoms with van der Waals surface area (Å²) in [5.74, 6) is 0.0385. The fourth-order valence-corrected chi connectivity index (χ4v) is 2.56. The number of amides is 3. The monoisotopic (exact) mass is 315 g/mol. The van der Waals surface area contributed by atoms with E-state index in [-0.39, 0.29) is 11.9 Å². The fraction of sp³-hybridized carbons (Fsp3) is 0.444. The third-order valence-electron chi connectivity index (χ3n) is 3.79. The summed E-state index contributed by atoms with van der Waals surface area (Å²) < 4.78 is 0. The van der Waals surface area contributed by atoms with Crippen LogP contribution >= 0.6 is 0 Å². The van der Waals surface area contributed by atoms with Crippen LogP contribution in [0.1, 0.15) is 25.8 Å². The molecule has 1 saturated heterocycles. The van der Waals surface area contributed by atoms with Gasteiger partial charge in [-0.3, -0.25) is 4.79 Å². The highest BCUT2D eigenvalue weighted by atomic mass is 16.2. The van der Waals surface area contributed by atoms with Gasteiger partial charge in [0.2, 0.25) is 5.91 Å². The molecule has 0 spiro atoms. The highest BCUT2D eigenvalue weighted by molar-refractivity contribution is 5.88. The summed E-state index contributed by atoms with van der Waals surface area (Å²) in [6, 6.07) is 9.79. The van der Waals surface area contributed by atoms with Crippen LogP contribution in [0.3, 0.4) is 0 Å². The standard InChI is InChI=1S/C18H25N3O2/c1-15(2)13-17(22)20-9-6-10-21(12-11-20)18(23)19-14-16-7-4-3-5-8-16/h3-5,7-8,13H,6,9-12,14H2,1-2H3,(H,19,23). The summed E-state index contributed by atoms with van der Waals surface area (Å²) in [7, 11) is 0. The number of benzene rings is 1. The van der Waals surface area contributed by atoms with Gasteiger partial charge >= 0.3 is 6.03 Å². The number of hydrogen-bond acceptors (Lipinski definition) is 2. The zero-order valence-electron chi connectivity index (χ0n) is 13.9. The Bertz CT molecular complexity index is 565. The normalized spacial score (nSPS) is 14.9. The lowest BCUT2D eigenvalue weighted by Gasteiger charge is -2.22. The van der Waals surface area contributed by atoms with Crippen LogP contribution in [0.5, 0.6) is 0 Å². The molecule has 124 valence electrons. The minimum Gasteiger partial charge on any atom is -0.337 e. The Morgan fingerprint density at radius 3 is 2.39 bits per heavy atom. The number of nitrogens with one attached hydrogen (secondary N) is 1. The largest absolute Gasteiger partial charge is 0.337 e. The fourth-order valence-electron chi connectivity index (χ4n) is 2.56. The van der Waals surface area contributed by atoms with Crippen molar-refractivity contribution >= 4 is 11.9 Å². The van der Waals surface area contributed by atoms with Gasteiger partial charge in [0.05, 0.1) is 0 Å². The smallest absolute Gasteiger partial charge is 0.317 e. The third kappa shape index (κ3) is 5.43. The van der Waals surface area contributed by atoms with Crippen LogP contribution in [-0.4, -0.2) is 47.9 Å². The lowest BCUT2D eigenvalue weighted by atomic mass is 10.2. The Labute approximate surface area is 138 Å². The summed E-state index contributed by atoms with van der Waals surface area (Å²) in [5.41, 5.74) is 2.08. The molecule has 0 radical (unpaired) electrons. The van der Waals surface area contributed by atoms with E-state index in [1.54, 1.807) is 11.0 Å². The molecule has 0 aliphatic carbocycles. The van der Waals surface area contributed by atoms with Crippen molar-refractivity contribution in [2.24, 2.45) is 0 Å². The van der Waals surface area contributed by atoms with Gasteiger partial charge < -0.3 is 15.1 Å². The van der Waals surface area contributed by atoms with Crippen LogP contribution in [0.4, 0.5) is 4.79 Å². The lowest BCUT2D eigenvalue weighted by Crippen LogP contribution is -2.42. The van der Waals surface area contributed by atoms with Gasteiger partial charge in [-0.15, -0.1) is 0 Å². The maximum absolute atomic E-state index is 12.3. The average molecular weight is 315 g/mol. The molecular formula is C18H25N3O2.